The second-order valence-electron chi connectivity index (χ2n) is 5.02. The average molecular weight is 277 g/mol. The van der Waals surface area contributed by atoms with Gasteiger partial charge < -0.3 is 14.5 Å². The van der Waals surface area contributed by atoms with Crippen molar-refractivity contribution in [3.05, 3.63) is 35.5 Å². The SMILES string of the molecule is CCc1ccc(C(NC)c2c(OC)cnn2C(C)C)o1. The maximum absolute atomic E-state index is 5.88. The molecule has 2 aromatic heterocycles. The molecule has 2 heterocycles. The average Bonchev–Trinajstić information content (AvgIpc) is 3.06. The van der Waals surface area contributed by atoms with Crippen LogP contribution in [0.4, 0.5) is 0 Å². The number of aryl methyl sites for hydroxylation is 1. The van der Waals surface area contributed by atoms with Crippen LogP contribution in [0.1, 0.15) is 50.1 Å². The van der Waals surface area contributed by atoms with Crippen molar-refractivity contribution in [2.75, 3.05) is 14.2 Å². The Hall–Kier alpha value is -1.75. The minimum Gasteiger partial charge on any atom is -0.493 e. The molecule has 2 aromatic rings. The van der Waals surface area contributed by atoms with Crippen molar-refractivity contribution in [1.82, 2.24) is 15.1 Å². The fourth-order valence-electron chi connectivity index (χ4n) is 2.35. The molecule has 0 saturated carbocycles. The van der Waals surface area contributed by atoms with E-state index in [0.717, 1.165) is 29.4 Å². The number of hydrogen-bond acceptors (Lipinski definition) is 4. The number of aromatic nitrogens is 2. The van der Waals surface area contributed by atoms with Crippen molar-refractivity contribution in [2.24, 2.45) is 0 Å². The lowest BCUT2D eigenvalue weighted by molar-refractivity contribution is 0.376. The van der Waals surface area contributed by atoms with Crippen LogP contribution in [-0.4, -0.2) is 23.9 Å². The van der Waals surface area contributed by atoms with Crippen LogP contribution in [0.15, 0.2) is 22.7 Å². The Balaban J connectivity index is 2.47. The van der Waals surface area contributed by atoms with Crippen molar-refractivity contribution in [1.29, 1.82) is 0 Å². The molecule has 0 saturated heterocycles. The molecule has 0 aliphatic rings. The van der Waals surface area contributed by atoms with E-state index in [1.54, 1.807) is 13.3 Å². The summed E-state index contributed by atoms with van der Waals surface area (Å²) >= 11 is 0. The molecule has 110 valence electrons. The lowest BCUT2D eigenvalue weighted by Gasteiger charge is -2.19. The van der Waals surface area contributed by atoms with Gasteiger partial charge in [-0.3, -0.25) is 4.68 Å². The summed E-state index contributed by atoms with van der Waals surface area (Å²) in [6, 6.07) is 4.21. The largest absolute Gasteiger partial charge is 0.493 e. The lowest BCUT2D eigenvalue weighted by atomic mass is 10.1. The number of hydrogen-bond donors (Lipinski definition) is 1. The summed E-state index contributed by atoms with van der Waals surface area (Å²) in [5, 5.41) is 7.71. The van der Waals surface area contributed by atoms with Crippen LogP contribution in [0, 0.1) is 0 Å². The standard InChI is InChI=1S/C15H23N3O2/c1-6-11-7-8-12(20-11)14(16-4)15-13(19-5)9-17-18(15)10(2)3/h7-10,14,16H,6H2,1-5H3. The minimum absolute atomic E-state index is 0.0739. The smallest absolute Gasteiger partial charge is 0.162 e. The van der Waals surface area contributed by atoms with Crippen molar-refractivity contribution in [3.8, 4) is 5.75 Å². The van der Waals surface area contributed by atoms with Gasteiger partial charge >= 0.3 is 0 Å². The van der Waals surface area contributed by atoms with Gasteiger partial charge in [0, 0.05) is 12.5 Å². The molecule has 0 bridgehead atoms. The first-order chi connectivity index (χ1) is 9.62. The van der Waals surface area contributed by atoms with Crippen molar-refractivity contribution in [3.63, 3.8) is 0 Å². The van der Waals surface area contributed by atoms with Crippen LogP contribution >= 0.6 is 0 Å². The summed E-state index contributed by atoms with van der Waals surface area (Å²) in [6.07, 6.45) is 2.64. The van der Waals surface area contributed by atoms with Gasteiger partial charge in [0.2, 0.25) is 0 Å². The molecule has 0 spiro atoms. The molecular weight excluding hydrogens is 254 g/mol. The van der Waals surface area contributed by atoms with E-state index >= 15 is 0 Å². The molecule has 0 aliphatic carbocycles. The van der Waals surface area contributed by atoms with Gasteiger partial charge in [-0.05, 0) is 33.0 Å². The first kappa shape index (κ1) is 14.7. The van der Waals surface area contributed by atoms with Crippen molar-refractivity contribution < 1.29 is 9.15 Å². The molecule has 5 nitrogen and oxygen atoms in total. The number of ether oxygens (including phenoxy) is 1. The van der Waals surface area contributed by atoms with E-state index < -0.39 is 0 Å². The van der Waals surface area contributed by atoms with E-state index in [9.17, 15) is 0 Å². The zero-order chi connectivity index (χ0) is 14.7. The van der Waals surface area contributed by atoms with Gasteiger partial charge in [0.1, 0.15) is 23.3 Å². The van der Waals surface area contributed by atoms with Crippen LogP contribution in [0.2, 0.25) is 0 Å². The molecule has 1 unspecified atom stereocenters. The molecular formula is C15H23N3O2. The summed E-state index contributed by atoms with van der Waals surface area (Å²) in [7, 11) is 3.58. The Labute approximate surface area is 119 Å². The Morgan fingerprint density at radius 3 is 2.65 bits per heavy atom. The van der Waals surface area contributed by atoms with Gasteiger partial charge in [0.25, 0.3) is 0 Å². The number of rotatable bonds is 6. The normalized spacial score (nSPS) is 12.9. The Kier molecular flexibility index (Phi) is 4.49. The van der Waals surface area contributed by atoms with Crippen molar-refractivity contribution >= 4 is 0 Å². The molecule has 0 fully saturated rings. The van der Waals surface area contributed by atoms with Crippen LogP contribution in [0.5, 0.6) is 5.75 Å². The Morgan fingerprint density at radius 2 is 2.15 bits per heavy atom. The van der Waals surface area contributed by atoms with E-state index in [1.807, 2.05) is 23.9 Å². The highest BCUT2D eigenvalue weighted by Gasteiger charge is 2.25. The molecule has 0 amide bonds. The van der Waals surface area contributed by atoms with Crippen LogP contribution in [0.25, 0.3) is 0 Å². The zero-order valence-electron chi connectivity index (χ0n) is 12.8. The van der Waals surface area contributed by atoms with Crippen molar-refractivity contribution in [2.45, 2.75) is 39.3 Å². The Bertz CT molecular complexity index is 557. The molecule has 1 atom stereocenters. The second kappa shape index (κ2) is 6.13. The van der Waals surface area contributed by atoms with Gasteiger partial charge in [0.15, 0.2) is 5.75 Å². The predicted molar refractivity (Wildman–Crippen MR) is 78.2 cm³/mol. The van der Waals surface area contributed by atoms with Gasteiger partial charge in [-0.15, -0.1) is 0 Å². The van der Waals surface area contributed by atoms with Gasteiger partial charge in [0.05, 0.1) is 13.3 Å². The van der Waals surface area contributed by atoms with Crippen LogP contribution < -0.4 is 10.1 Å². The van der Waals surface area contributed by atoms with E-state index in [1.165, 1.54) is 0 Å². The van der Waals surface area contributed by atoms with E-state index in [4.69, 9.17) is 9.15 Å². The number of furan rings is 1. The maximum atomic E-state index is 5.88. The third kappa shape index (κ3) is 2.58. The summed E-state index contributed by atoms with van der Waals surface area (Å²) in [6.45, 7) is 6.28. The first-order valence-corrected chi connectivity index (χ1v) is 6.99. The summed E-state index contributed by atoms with van der Waals surface area (Å²) in [5.41, 5.74) is 0.988. The van der Waals surface area contributed by atoms with Gasteiger partial charge in [-0.1, -0.05) is 6.92 Å². The lowest BCUT2D eigenvalue weighted by Crippen LogP contribution is -2.22. The molecule has 0 aliphatic heterocycles. The highest BCUT2D eigenvalue weighted by atomic mass is 16.5. The molecule has 20 heavy (non-hydrogen) atoms. The van der Waals surface area contributed by atoms with Crippen LogP contribution in [-0.2, 0) is 6.42 Å². The summed E-state index contributed by atoms with van der Waals surface area (Å²) in [5.74, 6) is 2.63. The summed E-state index contributed by atoms with van der Waals surface area (Å²) < 4.78 is 13.3. The highest BCUT2D eigenvalue weighted by molar-refractivity contribution is 5.34. The third-order valence-corrected chi connectivity index (χ3v) is 3.39. The second-order valence-corrected chi connectivity index (χ2v) is 5.02. The zero-order valence-corrected chi connectivity index (χ0v) is 12.8. The van der Waals surface area contributed by atoms with Gasteiger partial charge in [-0.2, -0.15) is 5.10 Å². The molecule has 5 heteroatoms. The number of nitrogens with one attached hydrogen (secondary N) is 1. The monoisotopic (exact) mass is 277 g/mol. The quantitative estimate of drug-likeness (QED) is 0.882. The van der Waals surface area contributed by atoms with Crippen LogP contribution in [0.3, 0.4) is 0 Å². The fraction of sp³-hybridized carbons (Fsp3) is 0.533. The summed E-state index contributed by atoms with van der Waals surface area (Å²) in [4.78, 5) is 0. The fourth-order valence-corrected chi connectivity index (χ4v) is 2.35. The number of methoxy groups -OCH3 is 1. The molecule has 0 aromatic carbocycles. The van der Waals surface area contributed by atoms with Gasteiger partial charge in [-0.25, -0.2) is 0 Å². The van der Waals surface area contributed by atoms with E-state index in [0.29, 0.717) is 0 Å². The Morgan fingerprint density at radius 1 is 1.40 bits per heavy atom. The highest BCUT2D eigenvalue weighted by Crippen LogP contribution is 2.32. The topological polar surface area (TPSA) is 52.2 Å². The molecule has 1 N–H and O–H groups in total. The first-order valence-electron chi connectivity index (χ1n) is 6.99. The third-order valence-electron chi connectivity index (χ3n) is 3.39. The molecule has 2 rings (SSSR count). The predicted octanol–water partition coefficient (Wildman–Crippen LogP) is 2.94. The maximum Gasteiger partial charge on any atom is 0.162 e. The molecule has 0 radical (unpaired) electrons. The number of nitrogens with zero attached hydrogens (tertiary/aromatic N) is 2. The van der Waals surface area contributed by atoms with E-state index in [-0.39, 0.29) is 12.1 Å². The minimum atomic E-state index is -0.0739. The van der Waals surface area contributed by atoms with E-state index in [2.05, 4.69) is 31.2 Å².